The number of ether oxygens (including phenoxy) is 2. The minimum atomic E-state index is 0.133. The summed E-state index contributed by atoms with van der Waals surface area (Å²) in [7, 11) is 5.08. The molecule has 5 nitrogen and oxygen atoms in total. The molecular formula is C12H21N3O2. The van der Waals surface area contributed by atoms with Crippen LogP contribution in [0, 0.1) is 5.92 Å². The smallest absolute Gasteiger partial charge is 0.240 e. The Morgan fingerprint density at radius 2 is 2.06 bits per heavy atom. The molecule has 0 radical (unpaired) electrons. The molecule has 0 spiro atoms. The Morgan fingerprint density at radius 3 is 2.53 bits per heavy atom. The average molecular weight is 239 g/mol. The van der Waals surface area contributed by atoms with Crippen LogP contribution < -0.4 is 14.8 Å². The van der Waals surface area contributed by atoms with Crippen molar-refractivity contribution in [3.63, 3.8) is 0 Å². The topological polar surface area (TPSA) is 56.3 Å². The predicted molar refractivity (Wildman–Crippen MR) is 66.4 cm³/mol. The second kappa shape index (κ2) is 6.39. The maximum Gasteiger partial charge on any atom is 0.240 e. The van der Waals surface area contributed by atoms with Gasteiger partial charge in [-0.15, -0.1) is 0 Å². The second-order valence-corrected chi connectivity index (χ2v) is 3.96. The van der Waals surface area contributed by atoms with Crippen molar-refractivity contribution in [2.45, 2.75) is 26.3 Å². The van der Waals surface area contributed by atoms with Crippen LogP contribution >= 0.6 is 0 Å². The van der Waals surface area contributed by atoms with Gasteiger partial charge >= 0.3 is 0 Å². The third-order valence-corrected chi connectivity index (χ3v) is 2.97. The summed E-state index contributed by atoms with van der Waals surface area (Å²) in [5.74, 6) is 1.44. The van der Waals surface area contributed by atoms with Gasteiger partial charge in [0.15, 0.2) is 0 Å². The van der Waals surface area contributed by atoms with Gasteiger partial charge < -0.3 is 14.8 Å². The zero-order chi connectivity index (χ0) is 12.8. The van der Waals surface area contributed by atoms with Crippen molar-refractivity contribution in [1.29, 1.82) is 0 Å². The van der Waals surface area contributed by atoms with Crippen molar-refractivity contribution in [2.24, 2.45) is 5.92 Å². The van der Waals surface area contributed by atoms with E-state index in [0.29, 0.717) is 17.7 Å². The van der Waals surface area contributed by atoms with Crippen molar-refractivity contribution in [3.8, 4) is 11.8 Å². The number of nitrogens with one attached hydrogen (secondary N) is 1. The van der Waals surface area contributed by atoms with E-state index in [9.17, 15) is 0 Å². The number of hydrogen-bond donors (Lipinski definition) is 1. The fourth-order valence-electron chi connectivity index (χ4n) is 1.75. The molecule has 0 aliphatic carbocycles. The van der Waals surface area contributed by atoms with Crippen LogP contribution in [-0.2, 0) is 0 Å². The van der Waals surface area contributed by atoms with E-state index in [-0.39, 0.29) is 6.04 Å². The molecule has 96 valence electrons. The van der Waals surface area contributed by atoms with Gasteiger partial charge in [-0.25, -0.2) is 4.98 Å². The third kappa shape index (κ3) is 3.06. The highest BCUT2D eigenvalue weighted by Crippen LogP contribution is 2.29. The fraction of sp³-hybridized carbons (Fsp3) is 0.667. The van der Waals surface area contributed by atoms with Crippen LogP contribution in [0.3, 0.4) is 0 Å². The van der Waals surface area contributed by atoms with Gasteiger partial charge in [0.1, 0.15) is 5.69 Å². The first kappa shape index (κ1) is 13.7. The molecule has 17 heavy (non-hydrogen) atoms. The summed E-state index contributed by atoms with van der Waals surface area (Å²) in [6, 6.07) is 0.133. The van der Waals surface area contributed by atoms with Gasteiger partial charge in [-0.1, -0.05) is 20.3 Å². The minimum absolute atomic E-state index is 0.133. The molecule has 0 bridgehead atoms. The Balaban J connectivity index is 3.10. The highest BCUT2D eigenvalue weighted by Gasteiger charge is 2.22. The highest BCUT2D eigenvalue weighted by atomic mass is 16.5. The molecule has 1 aromatic rings. The molecule has 0 fully saturated rings. The van der Waals surface area contributed by atoms with Gasteiger partial charge in [-0.3, -0.25) is 0 Å². The number of hydrogen-bond acceptors (Lipinski definition) is 5. The lowest BCUT2D eigenvalue weighted by Crippen LogP contribution is -2.25. The first-order valence-corrected chi connectivity index (χ1v) is 5.80. The van der Waals surface area contributed by atoms with Gasteiger partial charge in [-0.05, 0) is 13.0 Å². The maximum atomic E-state index is 5.27. The van der Waals surface area contributed by atoms with Gasteiger partial charge in [-0.2, -0.15) is 4.98 Å². The van der Waals surface area contributed by atoms with Crippen LogP contribution in [-0.4, -0.2) is 31.2 Å². The summed E-state index contributed by atoms with van der Waals surface area (Å²) in [6.07, 6.45) is 2.67. The molecule has 0 amide bonds. The van der Waals surface area contributed by atoms with Crippen LogP contribution in [0.4, 0.5) is 0 Å². The molecule has 1 heterocycles. The molecule has 0 aliphatic rings. The van der Waals surface area contributed by atoms with E-state index in [1.54, 1.807) is 20.4 Å². The van der Waals surface area contributed by atoms with E-state index in [1.807, 2.05) is 7.05 Å². The lowest BCUT2D eigenvalue weighted by molar-refractivity contribution is 0.331. The number of nitrogens with zero attached hydrogens (tertiary/aromatic N) is 2. The van der Waals surface area contributed by atoms with Crippen LogP contribution in [0.15, 0.2) is 6.20 Å². The number of rotatable bonds is 6. The lowest BCUT2D eigenvalue weighted by atomic mass is 9.96. The van der Waals surface area contributed by atoms with Gasteiger partial charge in [0, 0.05) is 0 Å². The zero-order valence-corrected chi connectivity index (χ0v) is 11.2. The van der Waals surface area contributed by atoms with E-state index in [2.05, 4.69) is 29.1 Å². The Labute approximate surface area is 103 Å². The predicted octanol–water partition coefficient (Wildman–Crippen LogP) is 1.80. The van der Waals surface area contributed by atoms with Crippen molar-refractivity contribution in [2.75, 3.05) is 21.3 Å². The van der Waals surface area contributed by atoms with Gasteiger partial charge in [0.05, 0.1) is 26.5 Å². The van der Waals surface area contributed by atoms with Crippen LogP contribution in [0.5, 0.6) is 11.8 Å². The fourth-order valence-corrected chi connectivity index (χ4v) is 1.75. The van der Waals surface area contributed by atoms with Crippen molar-refractivity contribution in [1.82, 2.24) is 15.3 Å². The Bertz CT molecular complexity index is 358. The molecule has 2 atom stereocenters. The van der Waals surface area contributed by atoms with E-state index in [4.69, 9.17) is 9.47 Å². The Morgan fingerprint density at radius 1 is 1.35 bits per heavy atom. The van der Waals surface area contributed by atoms with E-state index >= 15 is 0 Å². The molecule has 0 aliphatic heterocycles. The maximum absolute atomic E-state index is 5.27. The molecule has 0 saturated heterocycles. The summed E-state index contributed by atoms with van der Waals surface area (Å²) in [5.41, 5.74) is 0.824. The van der Waals surface area contributed by atoms with Crippen molar-refractivity contribution in [3.05, 3.63) is 11.9 Å². The monoisotopic (exact) mass is 239 g/mol. The molecule has 0 aromatic carbocycles. The second-order valence-electron chi connectivity index (χ2n) is 3.96. The van der Waals surface area contributed by atoms with Gasteiger partial charge in [0.2, 0.25) is 11.8 Å². The van der Waals surface area contributed by atoms with E-state index in [1.165, 1.54) is 0 Å². The molecule has 1 N–H and O–H groups in total. The standard InChI is InChI=1S/C12H21N3O2/c1-6-8(2)10(13-3)11-12(17-5)15-9(16-4)7-14-11/h7-8,10,13H,6H2,1-5H3. The first-order chi connectivity index (χ1) is 8.17. The van der Waals surface area contributed by atoms with Gasteiger partial charge in [0.25, 0.3) is 0 Å². The zero-order valence-electron chi connectivity index (χ0n) is 11.2. The normalized spacial score (nSPS) is 14.2. The van der Waals surface area contributed by atoms with Crippen LogP contribution in [0.1, 0.15) is 32.0 Å². The minimum Gasteiger partial charge on any atom is -0.480 e. The summed E-state index contributed by atoms with van der Waals surface area (Å²) < 4.78 is 10.3. The SMILES string of the molecule is CCC(C)C(NC)c1ncc(OC)nc1OC. The summed E-state index contributed by atoms with van der Waals surface area (Å²) in [6.45, 7) is 4.32. The molecule has 1 rings (SSSR count). The molecule has 2 unspecified atom stereocenters. The van der Waals surface area contributed by atoms with E-state index < -0.39 is 0 Å². The highest BCUT2D eigenvalue weighted by molar-refractivity contribution is 5.26. The van der Waals surface area contributed by atoms with Crippen molar-refractivity contribution < 1.29 is 9.47 Å². The summed E-state index contributed by atoms with van der Waals surface area (Å²) in [5, 5.41) is 3.26. The number of aromatic nitrogens is 2. The summed E-state index contributed by atoms with van der Waals surface area (Å²) in [4.78, 5) is 8.63. The third-order valence-electron chi connectivity index (χ3n) is 2.97. The lowest BCUT2D eigenvalue weighted by Gasteiger charge is -2.23. The number of methoxy groups -OCH3 is 2. The first-order valence-electron chi connectivity index (χ1n) is 5.80. The molecule has 5 heteroatoms. The molecule has 1 aromatic heterocycles. The van der Waals surface area contributed by atoms with Crippen molar-refractivity contribution >= 4 is 0 Å². The Kier molecular flexibility index (Phi) is 5.15. The Hall–Kier alpha value is -1.36. The molecule has 0 saturated carbocycles. The summed E-state index contributed by atoms with van der Waals surface area (Å²) >= 11 is 0. The van der Waals surface area contributed by atoms with Crippen LogP contribution in [0.25, 0.3) is 0 Å². The largest absolute Gasteiger partial charge is 0.480 e. The quantitative estimate of drug-likeness (QED) is 0.820. The van der Waals surface area contributed by atoms with E-state index in [0.717, 1.165) is 12.1 Å². The average Bonchev–Trinajstić information content (AvgIpc) is 2.39. The van der Waals surface area contributed by atoms with Crippen LogP contribution in [0.2, 0.25) is 0 Å². The molecular weight excluding hydrogens is 218 g/mol.